The molecule has 0 bridgehead atoms. The molecule has 30 heavy (non-hydrogen) atoms. The Hall–Kier alpha value is -2.32. The number of amides is 1. The van der Waals surface area contributed by atoms with Crippen LogP contribution in [0.2, 0.25) is 0 Å². The third kappa shape index (κ3) is 6.09. The minimum Gasteiger partial charge on any atom is -0.497 e. The van der Waals surface area contributed by atoms with Crippen LogP contribution < -0.4 is 10.1 Å². The molecule has 0 saturated heterocycles. The summed E-state index contributed by atoms with van der Waals surface area (Å²) in [6.07, 6.45) is 9.16. The predicted octanol–water partition coefficient (Wildman–Crippen LogP) is 3.71. The highest BCUT2D eigenvalue weighted by Crippen LogP contribution is 2.22. The van der Waals surface area contributed by atoms with Crippen LogP contribution in [0.3, 0.4) is 0 Å². The molecule has 8 heteroatoms. The second-order valence-corrected chi connectivity index (χ2v) is 9.58. The summed E-state index contributed by atoms with van der Waals surface area (Å²) in [6, 6.07) is 9.64. The second-order valence-electron chi connectivity index (χ2n) is 7.64. The van der Waals surface area contributed by atoms with E-state index in [1.165, 1.54) is 44.8 Å². The van der Waals surface area contributed by atoms with Gasteiger partial charge in [0, 0.05) is 6.04 Å². The van der Waals surface area contributed by atoms with E-state index in [2.05, 4.69) is 5.32 Å². The van der Waals surface area contributed by atoms with Gasteiger partial charge in [-0.05, 0) is 49.2 Å². The Morgan fingerprint density at radius 1 is 1.10 bits per heavy atom. The standard InChI is InChI=1S/C22H30N2O5S/c1-28-19-11-13-21(14-12-19)30(26,27)24(16-20-10-7-15-29-20)17-22(25)23-18-8-5-3-2-4-6-9-18/h7,10-15,18H,2-6,8-9,16-17H2,1H3,(H,23,25). The minimum atomic E-state index is -3.89. The van der Waals surface area contributed by atoms with Crippen LogP contribution >= 0.6 is 0 Å². The zero-order chi connectivity index (χ0) is 21.4. The van der Waals surface area contributed by atoms with Crippen molar-refractivity contribution in [2.24, 2.45) is 0 Å². The highest BCUT2D eigenvalue weighted by molar-refractivity contribution is 7.89. The van der Waals surface area contributed by atoms with Gasteiger partial charge in [0.2, 0.25) is 15.9 Å². The summed E-state index contributed by atoms with van der Waals surface area (Å²) in [5.74, 6) is 0.753. The molecule has 1 heterocycles. The largest absolute Gasteiger partial charge is 0.497 e. The van der Waals surface area contributed by atoms with Gasteiger partial charge in [0.25, 0.3) is 0 Å². The maximum Gasteiger partial charge on any atom is 0.243 e. The number of nitrogens with zero attached hydrogens (tertiary/aromatic N) is 1. The summed E-state index contributed by atoms with van der Waals surface area (Å²) in [5.41, 5.74) is 0. The molecular formula is C22H30N2O5S. The number of sulfonamides is 1. The first-order valence-electron chi connectivity index (χ1n) is 10.4. The van der Waals surface area contributed by atoms with Crippen molar-refractivity contribution in [3.63, 3.8) is 0 Å². The average molecular weight is 435 g/mol. The number of carbonyl (C=O) groups is 1. The fraction of sp³-hybridized carbons (Fsp3) is 0.500. The monoisotopic (exact) mass is 434 g/mol. The molecule has 0 radical (unpaired) electrons. The Labute approximate surface area is 178 Å². The number of hydrogen-bond donors (Lipinski definition) is 1. The smallest absolute Gasteiger partial charge is 0.243 e. The van der Waals surface area contributed by atoms with Gasteiger partial charge < -0.3 is 14.5 Å². The molecule has 1 fully saturated rings. The molecule has 1 N–H and O–H groups in total. The molecule has 3 rings (SSSR count). The van der Waals surface area contributed by atoms with Gasteiger partial charge in [0.1, 0.15) is 11.5 Å². The van der Waals surface area contributed by atoms with Crippen molar-refractivity contribution in [3.05, 3.63) is 48.4 Å². The van der Waals surface area contributed by atoms with Gasteiger partial charge >= 0.3 is 0 Å². The number of ether oxygens (including phenoxy) is 1. The zero-order valence-electron chi connectivity index (χ0n) is 17.4. The van der Waals surface area contributed by atoms with E-state index in [0.29, 0.717) is 11.5 Å². The molecule has 0 aliphatic heterocycles. The second kappa shape index (κ2) is 10.6. The van der Waals surface area contributed by atoms with Crippen LogP contribution in [0.5, 0.6) is 5.75 Å². The molecule has 1 aromatic heterocycles. The van der Waals surface area contributed by atoms with E-state index >= 15 is 0 Å². The van der Waals surface area contributed by atoms with Crippen molar-refractivity contribution < 1.29 is 22.4 Å². The first-order valence-corrected chi connectivity index (χ1v) is 11.9. The maximum absolute atomic E-state index is 13.2. The Morgan fingerprint density at radius 2 is 1.77 bits per heavy atom. The lowest BCUT2D eigenvalue weighted by atomic mass is 9.97. The minimum absolute atomic E-state index is 0.0144. The van der Waals surface area contributed by atoms with Gasteiger partial charge in [-0.1, -0.05) is 32.1 Å². The summed E-state index contributed by atoms with van der Waals surface area (Å²) in [6.45, 7) is -0.273. The summed E-state index contributed by atoms with van der Waals surface area (Å²) >= 11 is 0. The molecule has 0 atom stereocenters. The number of benzene rings is 1. The van der Waals surface area contributed by atoms with Crippen LogP contribution in [-0.2, 0) is 21.4 Å². The third-order valence-electron chi connectivity index (χ3n) is 5.40. The molecule has 1 amide bonds. The van der Waals surface area contributed by atoms with Crippen LogP contribution in [0.15, 0.2) is 52.0 Å². The van der Waals surface area contributed by atoms with E-state index in [0.717, 1.165) is 30.0 Å². The van der Waals surface area contributed by atoms with Gasteiger partial charge in [-0.3, -0.25) is 4.79 Å². The van der Waals surface area contributed by atoms with E-state index in [1.807, 2.05) is 0 Å². The molecule has 7 nitrogen and oxygen atoms in total. The van der Waals surface area contributed by atoms with Crippen LogP contribution in [0.4, 0.5) is 0 Å². The van der Waals surface area contributed by atoms with Crippen molar-refractivity contribution in [3.8, 4) is 5.75 Å². The molecule has 1 aliphatic carbocycles. The van der Waals surface area contributed by atoms with Gasteiger partial charge in [-0.25, -0.2) is 8.42 Å². The van der Waals surface area contributed by atoms with Crippen LogP contribution in [0.1, 0.15) is 50.7 Å². The first-order chi connectivity index (χ1) is 14.5. The summed E-state index contributed by atoms with van der Waals surface area (Å²) in [4.78, 5) is 12.9. The SMILES string of the molecule is COc1ccc(S(=O)(=O)N(CC(=O)NC2CCCCCCC2)Cc2ccco2)cc1. The fourth-order valence-electron chi connectivity index (χ4n) is 3.73. The van der Waals surface area contributed by atoms with E-state index in [4.69, 9.17) is 9.15 Å². The lowest BCUT2D eigenvalue weighted by molar-refractivity contribution is -0.122. The molecule has 1 saturated carbocycles. The van der Waals surface area contributed by atoms with Crippen molar-refractivity contribution in [1.29, 1.82) is 0 Å². The highest BCUT2D eigenvalue weighted by Gasteiger charge is 2.28. The average Bonchev–Trinajstić information content (AvgIpc) is 3.22. The van der Waals surface area contributed by atoms with E-state index in [-0.39, 0.29) is 29.9 Å². The summed E-state index contributed by atoms with van der Waals surface area (Å²) in [5, 5.41) is 3.04. The summed E-state index contributed by atoms with van der Waals surface area (Å²) < 4.78 is 38.1. The Balaban J connectivity index is 1.74. The predicted molar refractivity (Wildman–Crippen MR) is 114 cm³/mol. The van der Waals surface area contributed by atoms with Crippen molar-refractivity contribution in [1.82, 2.24) is 9.62 Å². The van der Waals surface area contributed by atoms with Crippen molar-refractivity contribution in [2.45, 2.75) is 62.4 Å². The number of methoxy groups -OCH3 is 1. The van der Waals surface area contributed by atoms with Gasteiger partial charge in [-0.15, -0.1) is 0 Å². The summed E-state index contributed by atoms with van der Waals surface area (Å²) in [7, 11) is -2.37. The Bertz CT molecular complexity index is 886. The quantitative estimate of drug-likeness (QED) is 0.684. The highest BCUT2D eigenvalue weighted by atomic mass is 32.2. The van der Waals surface area contributed by atoms with Gasteiger partial charge in [-0.2, -0.15) is 4.31 Å². The number of rotatable bonds is 8. The normalized spacial score (nSPS) is 16.1. The molecule has 0 spiro atoms. The molecule has 2 aromatic rings. The molecule has 1 aromatic carbocycles. The first kappa shape index (κ1) is 22.4. The topological polar surface area (TPSA) is 88.9 Å². The van der Waals surface area contributed by atoms with Crippen molar-refractivity contribution >= 4 is 15.9 Å². The zero-order valence-corrected chi connectivity index (χ0v) is 18.2. The number of hydrogen-bond acceptors (Lipinski definition) is 5. The van der Waals surface area contributed by atoms with E-state index < -0.39 is 10.0 Å². The third-order valence-corrected chi connectivity index (χ3v) is 7.21. The number of nitrogens with one attached hydrogen (secondary N) is 1. The maximum atomic E-state index is 13.2. The molecule has 0 unspecified atom stereocenters. The van der Waals surface area contributed by atoms with Crippen molar-refractivity contribution in [2.75, 3.05) is 13.7 Å². The van der Waals surface area contributed by atoms with E-state index in [9.17, 15) is 13.2 Å². The number of carbonyl (C=O) groups excluding carboxylic acids is 1. The number of furan rings is 1. The molecular weight excluding hydrogens is 404 g/mol. The van der Waals surface area contributed by atoms with Crippen LogP contribution in [0, 0.1) is 0 Å². The molecule has 164 valence electrons. The van der Waals surface area contributed by atoms with E-state index in [1.54, 1.807) is 24.3 Å². The lowest BCUT2D eigenvalue weighted by Gasteiger charge is -2.24. The molecule has 1 aliphatic rings. The van der Waals surface area contributed by atoms with Crippen LogP contribution in [0.25, 0.3) is 0 Å². The van der Waals surface area contributed by atoms with Gasteiger partial charge in [0.15, 0.2) is 0 Å². The Kier molecular flexibility index (Phi) is 7.93. The fourth-order valence-corrected chi connectivity index (χ4v) is 5.10. The Morgan fingerprint density at radius 3 is 2.37 bits per heavy atom. The van der Waals surface area contributed by atoms with Gasteiger partial charge in [0.05, 0.1) is 31.4 Å². The lowest BCUT2D eigenvalue weighted by Crippen LogP contribution is -2.44. The van der Waals surface area contributed by atoms with Crippen LogP contribution in [-0.4, -0.2) is 38.3 Å².